The lowest BCUT2D eigenvalue weighted by Gasteiger charge is -2.35. The molecule has 3 nitrogen and oxygen atoms in total. The van der Waals surface area contributed by atoms with Crippen molar-refractivity contribution in [3.8, 4) is 5.75 Å². The molecule has 0 aliphatic carbocycles. The van der Waals surface area contributed by atoms with E-state index >= 15 is 0 Å². The summed E-state index contributed by atoms with van der Waals surface area (Å²) < 4.78 is 5.30. The summed E-state index contributed by atoms with van der Waals surface area (Å²) in [5.74, 6) is 1.87. The van der Waals surface area contributed by atoms with Gasteiger partial charge >= 0.3 is 0 Å². The number of likely N-dealkylation sites (tertiary alicyclic amines) is 1. The number of nitrogens with zero attached hydrogens (tertiary/aromatic N) is 1. The molecule has 1 aromatic carbocycles. The van der Waals surface area contributed by atoms with Gasteiger partial charge in [0, 0.05) is 12.6 Å². The Morgan fingerprint density at radius 3 is 2.80 bits per heavy atom. The van der Waals surface area contributed by atoms with Gasteiger partial charge in [-0.2, -0.15) is 0 Å². The molecule has 1 atom stereocenters. The first-order chi connectivity index (χ1) is 9.85. The van der Waals surface area contributed by atoms with Gasteiger partial charge in [0.05, 0.1) is 7.11 Å². The van der Waals surface area contributed by atoms with E-state index in [-0.39, 0.29) is 0 Å². The highest BCUT2D eigenvalue weighted by atomic mass is 16.5. The fourth-order valence-corrected chi connectivity index (χ4v) is 3.66. The molecule has 0 amide bonds. The first-order valence-corrected chi connectivity index (χ1v) is 7.94. The van der Waals surface area contributed by atoms with Crippen molar-refractivity contribution in [1.82, 2.24) is 10.2 Å². The van der Waals surface area contributed by atoms with Crippen molar-refractivity contribution in [3.63, 3.8) is 0 Å². The smallest absolute Gasteiger partial charge is 0.119 e. The summed E-state index contributed by atoms with van der Waals surface area (Å²) in [5, 5.41) is 3.67. The predicted molar refractivity (Wildman–Crippen MR) is 82.0 cm³/mol. The number of hydrogen-bond acceptors (Lipinski definition) is 3. The Kier molecular flexibility index (Phi) is 4.58. The van der Waals surface area contributed by atoms with Crippen LogP contribution in [0.1, 0.15) is 31.2 Å². The summed E-state index contributed by atoms with van der Waals surface area (Å²) in [6.45, 7) is 4.76. The van der Waals surface area contributed by atoms with Crippen molar-refractivity contribution in [3.05, 3.63) is 29.8 Å². The molecule has 0 radical (unpaired) electrons. The highest BCUT2D eigenvalue weighted by Gasteiger charge is 2.28. The zero-order valence-corrected chi connectivity index (χ0v) is 12.5. The molecule has 2 aliphatic rings. The Balaban J connectivity index is 1.50. The van der Waals surface area contributed by atoms with Crippen molar-refractivity contribution in [1.29, 1.82) is 0 Å². The molecular formula is C17H26N2O. The fourth-order valence-electron chi connectivity index (χ4n) is 3.66. The molecule has 2 fully saturated rings. The van der Waals surface area contributed by atoms with E-state index in [4.69, 9.17) is 4.74 Å². The lowest BCUT2D eigenvalue weighted by Crippen LogP contribution is -2.40. The summed E-state index contributed by atoms with van der Waals surface area (Å²) in [6, 6.07) is 9.26. The van der Waals surface area contributed by atoms with E-state index in [0.29, 0.717) is 0 Å². The molecule has 2 heterocycles. The lowest BCUT2D eigenvalue weighted by molar-refractivity contribution is 0.157. The van der Waals surface area contributed by atoms with Gasteiger partial charge in [-0.3, -0.25) is 4.90 Å². The van der Waals surface area contributed by atoms with Crippen LogP contribution < -0.4 is 10.1 Å². The second-order valence-electron chi connectivity index (χ2n) is 6.17. The maximum Gasteiger partial charge on any atom is 0.119 e. The first kappa shape index (κ1) is 13.9. The van der Waals surface area contributed by atoms with E-state index < -0.39 is 0 Å². The van der Waals surface area contributed by atoms with Gasteiger partial charge in [-0.1, -0.05) is 12.1 Å². The number of benzene rings is 1. The Bertz CT molecular complexity index is 421. The quantitative estimate of drug-likeness (QED) is 0.913. The third-order valence-corrected chi connectivity index (χ3v) is 4.84. The third kappa shape index (κ3) is 3.33. The molecule has 3 rings (SSSR count). The van der Waals surface area contributed by atoms with E-state index in [1.54, 1.807) is 7.11 Å². The Morgan fingerprint density at radius 1 is 1.25 bits per heavy atom. The maximum absolute atomic E-state index is 5.30. The molecule has 0 spiro atoms. The minimum atomic E-state index is 0.800. The average molecular weight is 274 g/mol. The summed E-state index contributed by atoms with van der Waals surface area (Å²) >= 11 is 0. The van der Waals surface area contributed by atoms with Crippen LogP contribution in [0.15, 0.2) is 24.3 Å². The summed E-state index contributed by atoms with van der Waals surface area (Å²) in [6.07, 6.45) is 5.46. The Hall–Kier alpha value is -1.06. The number of methoxy groups -OCH3 is 1. The SMILES string of the molecule is COc1cccc(CN2CCC(C3CCCN3)CC2)c1. The molecule has 1 aromatic rings. The van der Waals surface area contributed by atoms with E-state index in [2.05, 4.69) is 28.4 Å². The predicted octanol–water partition coefficient (Wildman–Crippen LogP) is 2.66. The minimum Gasteiger partial charge on any atom is -0.497 e. The van der Waals surface area contributed by atoms with Crippen molar-refractivity contribution < 1.29 is 4.74 Å². The van der Waals surface area contributed by atoms with Crippen LogP contribution in [-0.4, -0.2) is 37.7 Å². The lowest BCUT2D eigenvalue weighted by atomic mass is 9.88. The van der Waals surface area contributed by atoms with Gasteiger partial charge < -0.3 is 10.1 Å². The van der Waals surface area contributed by atoms with Crippen molar-refractivity contribution in [2.45, 2.75) is 38.3 Å². The van der Waals surface area contributed by atoms with Crippen molar-refractivity contribution in [2.75, 3.05) is 26.7 Å². The van der Waals surface area contributed by atoms with Crippen LogP contribution in [0.3, 0.4) is 0 Å². The van der Waals surface area contributed by atoms with Crippen molar-refractivity contribution >= 4 is 0 Å². The summed E-state index contributed by atoms with van der Waals surface area (Å²) in [7, 11) is 1.74. The molecule has 20 heavy (non-hydrogen) atoms. The largest absolute Gasteiger partial charge is 0.497 e. The second-order valence-corrected chi connectivity index (χ2v) is 6.17. The van der Waals surface area contributed by atoms with Gasteiger partial charge in [0.15, 0.2) is 0 Å². The summed E-state index contributed by atoms with van der Waals surface area (Å²) in [4.78, 5) is 2.58. The van der Waals surface area contributed by atoms with Crippen LogP contribution in [0.4, 0.5) is 0 Å². The van der Waals surface area contributed by atoms with Gasteiger partial charge in [0.2, 0.25) is 0 Å². The molecule has 0 bridgehead atoms. The molecule has 3 heteroatoms. The number of rotatable bonds is 4. The highest BCUT2D eigenvalue weighted by molar-refractivity contribution is 5.28. The standard InChI is InChI=1S/C17H26N2O/c1-20-16-5-2-4-14(12-16)13-19-10-7-15(8-11-19)17-6-3-9-18-17/h2,4-5,12,15,17-18H,3,6-11,13H2,1H3. The Labute approximate surface area is 122 Å². The van der Waals surface area contributed by atoms with E-state index in [1.807, 2.05) is 6.07 Å². The fraction of sp³-hybridized carbons (Fsp3) is 0.647. The molecule has 2 saturated heterocycles. The highest BCUT2D eigenvalue weighted by Crippen LogP contribution is 2.26. The van der Waals surface area contributed by atoms with Gasteiger partial charge in [-0.05, 0) is 68.9 Å². The minimum absolute atomic E-state index is 0.800. The van der Waals surface area contributed by atoms with Crippen LogP contribution in [0.5, 0.6) is 5.75 Å². The van der Waals surface area contributed by atoms with Gasteiger partial charge in [0.25, 0.3) is 0 Å². The number of piperidine rings is 1. The molecule has 1 unspecified atom stereocenters. The van der Waals surface area contributed by atoms with Crippen LogP contribution in [0, 0.1) is 5.92 Å². The van der Waals surface area contributed by atoms with Crippen LogP contribution in [0.2, 0.25) is 0 Å². The van der Waals surface area contributed by atoms with Gasteiger partial charge in [-0.25, -0.2) is 0 Å². The van der Waals surface area contributed by atoms with E-state index in [9.17, 15) is 0 Å². The normalized spacial score (nSPS) is 24.9. The summed E-state index contributed by atoms with van der Waals surface area (Å²) in [5.41, 5.74) is 1.36. The van der Waals surface area contributed by atoms with Crippen LogP contribution >= 0.6 is 0 Å². The van der Waals surface area contributed by atoms with E-state index in [0.717, 1.165) is 24.3 Å². The van der Waals surface area contributed by atoms with E-state index in [1.165, 1.54) is 50.9 Å². The molecule has 0 saturated carbocycles. The second kappa shape index (κ2) is 6.59. The molecule has 2 aliphatic heterocycles. The third-order valence-electron chi connectivity index (χ3n) is 4.84. The van der Waals surface area contributed by atoms with Gasteiger partial charge in [0.1, 0.15) is 5.75 Å². The zero-order chi connectivity index (χ0) is 13.8. The number of ether oxygens (including phenoxy) is 1. The van der Waals surface area contributed by atoms with Gasteiger partial charge in [-0.15, -0.1) is 0 Å². The molecular weight excluding hydrogens is 248 g/mol. The zero-order valence-electron chi connectivity index (χ0n) is 12.5. The molecule has 110 valence electrons. The number of nitrogens with one attached hydrogen (secondary N) is 1. The van der Waals surface area contributed by atoms with Crippen LogP contribution in [-0.2, 0) is 6.54 Å². The molecule has 0 aromatic heterocycles. The monoisotopic (exact) mass is 274 g/mol. The average Bonchev–Trinajstić information content (AvgIpc) is 3.02. The number of hydrogen-bond donors (Lipinski definition) is 1. The first-order valence-electron chi connectivity index (χ1n) is 7.94. The van der Waals surface area contributed by atoms with Crippen LogP contribution in [0.25, 0.3) is 0 Å². The van der Waals surface area contributed by atoms with Crippen molar-refractivity contribution in [2.24, 2.45) is 5.92 Å². The topological polar surface area (TPSA) is 24.5 Å². The molecule has 1 N–H and O–H groups in total. The Morgan fingerprint density at radius 2 is 2.10 bits per heavy atom. The maximum atomic E-state index is 5.30.